The van der Waals surface area contributed by atoms with Gasteiger partial charge in [0.1, 0.15) is 5.75 Å². The van der Waals surface area contributed by atoms with E-state index in [1.807, 2.05) is 6.07 Å². The monoisotopic (exact) mass is 194 g/mol. The molecule has 0 radical (unpaired) electrons. The van der Waals surface area contributed by atoms with Crippen LogP contribution in [0.5, 0.6) is 5.75 Å². The molecule has 0 bridgehead atoms. The number of hydrogen-bond acceptors (Lipinski definition) is 2. The first kappa shape index (κ1) is 11.1. The van der Waals surface area contributed by atoms with Crippen molar-refractivity contribution >= 4 is 0 Å². The number of rotatable bonds is 5. The number of phenolic OH excluding ortho intramolecular Hbond substituents is 1. The highest BCUT2D eigenvalue weighted by Crippen LogP contribution is 2.20. The summed E-state index contributed by atoms with van der Waals surface area (Å²) in [4.78, 5) is 0. The third-order valence-corrected chi connectivity index (χ3v) is 2.38. The molecule has 78 valence electrons. The Morgan fingerprint density at radius 3 is 2.64 bits per heavy atom. The molecule has 0 fully saturated rings. The van der Waals surface area contributed by atoms with Crippen molar-refractivity contribution in [2.75, 3.05) is 0 Å². The molecule has 0 amide bonds. The maximum absolute atomic E-state index is 9.55. The molecule has 0 spiro atoms. The molecule has 0 aliphatic heterocycles. The normalized spacial score (nSPS) is 10.4. The summed E-state index contributed by atoms with van der Waals surface area (Å²) in [5.74, 6) is 0.346. The maximum atomic E-state index is 9.55. The van der Waals surface area contributed by atoms with Crippen LogP contribution in [0.25, 0.3) is 0 Å². The largest absolute Gasteiger partial charge is 0.508 e. The second-order valence-corrected chi connectivity index (χ2v) is 3.58. The lowest BCUT2D eigenvalue weighted by atomic mass is 10.0. The van der Waals surface area contributed by atoms with Crippen molar-refractivity contribution in [3.05, 3.63) is 29.3 Å². The number of aromatic hydroxyl groups is 1. The standard InChI is InChI=1S/C12H18O2/c1-2-3-4-5-11-8-10(9-13)6-7-12(11)14/h6-8,13-14H,2-5,9H2,1H3. The summed E-state index contributed by atoms with van der Waals surface area (Å²) in [6.45, 7) is 2.20. The Morgan fingerprint density at radius 2 is 2.00 bits per heavy atom. The smallest absolute Gasteiger partial charge is 0.118 e. The number of aryl methyl sites for hydroxylation is 1. The van der Waals surface area contributed by atoms with E-state index in [1.54, 1.807) is 12.1 Å². The van der Waals surface area contributed by atoms with Gasteiger partial charge in [-0.2, -0.15) is 0 Å². The topological polar surface area (TPSA) is 40.5 Å². The van der Waals surface area contributed by atoms with Crippen LogP contribution >= 0.6 is 0 Å². The second kappa shape index (κ2) is 5.66. The molecule has 14 heavy (non-hydrogen) atoms. The summed E-state index contributed by atoms with van der Waals surface area (Å²) in [5.41, 5.74) is 1.82. The van der Waals surface area contributed by atoms with E-state index in [1.165, 1.54) is 12.8 Å². The Kier molecular flexibility index (Phi) is 4.47. The number of hydrogen-bond donors (Lipinski definition) is 2. The lowest BCUT2D eigenvalue weighted by Gasteiger charge is -2.05. The third kappa shape index (κ3) is 3.04. The van der Waals surface area contributed by atoms with Gasteiger partial charge < -0.3 is 10.2 Å². The minimum Gasteiger partial charge on any atom is -0.508 e. The third-order valence-electron chi connectivity index (χ3n) is 2.38. The number of aliphatic hydroxyl groups excluding tert-OH is 1. The summed E-state index contributed by atoms with van der Waals surface area (Å²) in [5, 5.41) is 18.5. The fourth-order valence-corrected chi connectivity index (χ4v) is 1.50. The Bertz CT molecular complexity index is 282. The van der Waals surface area contributed by atoms with E-state index in [0.29, 0.717) is 5.75 Å². The molecular weight excluding hydrogens is 176 g/mol. The SMILES string of the molecule is CCCCCc1cc(CO)ccc1O. The zero-order valence-corrected chi connectivity index (χ0v) is 8.66. The molecule has 2 heteroatoms. The molecule has 0 atom stereocenters. The molecule has 2 nitrogen and oxygen atoms in total. The quantitative estimate of drug-likeness (QED) is 0.707. The minimum absolute atomic E-state index is 0.0427. The van der Waals surface area contributed by atoms with E-state index >= 15 is 0 Å². The van der Waals surface area contributed by atoms with Crippen molar-refractivity contribution in [1.82, 2.24) is 0 Å². The molecule has 0 aliphatic rings. The molecule has 0 aromatic heterocycles. The Labute approximate surface area is 85.2 Å². The van der Waals surface area contributed by atoms with E-state index in [2.05, 4.69) is 6.92 Å². The van der Waals surface area contributed by atoms with Crippen molar-refractivity contribution in [1.29, 1.82) is 0 Å². The van der Waals surface area contributed by atoms with E-state index in [4.69, 9.17) is 5.11 Å². The van der Waals surface area contributed by atoms with Crippen molar-refractivity contribution < 1.29 is 10.2 Å². The van der Waals surface area contributed by atoms with Gasteiger partial charge in [-0.25, -0.2) is 0 Å². The molecule has 1 aromatic rings. The molecule has 0 aliphatic carbocycles. The lowest BCUT2D eigenvalue weighted by Crippen LogP contribution is -1.90. The fraction of sp³-hybridized carbons (Fsp3) is 0.500. The van der Waals surface area contributed by atoms with Crippen LogP contribution in [-0.4, -0.2) is 10.2 Å². The van der Waals surface area contributed by atoms with E-state index in [0.717, 1.165) is 24.0 Å². The number of benzene rings is 1. The highest BCUT2D eigenvalue weighted by Gasteiger charge is 2.01. The molecule has 0 saturated carbocycles. The average molecular weight is 194 g/mol. The Balaban J connectivity index is 2.64. The van der Waals surface area contributed by atoms with Crippen molar-refractivity contribution in [3.63, 3.8) is 0 Å². The predicted octanol–water partition coefficient (Wildman–Crippen LogP) is 2.62. The molecule has 0 heterocycles. The Morgan fingerprint density at radius 1 is 1.21 bits per heavy atom. The van der Waals surface area contributed by atoms with Crippen LogP contribution in [-0.2, 0) is 13.0 Å². The van der Waals surface area contributed by atoms with Crippen LogP contribution in [0.3, 0.4) is 0 Å². The van der Waals surface area contributed by atoms with Gasteiger partial charge in [-0.1, -0.05) is 25.8 Å². The predicted molar refractivity (Wildman–Crippen MR) is 57.3 cm³/mol. The minimum atomic E-state index is 0.0427. The van der Waals surface area contributed by atoms with Crippen LogP contribution in [0.4, 0.5) is 0 Å². The zero-order valence-electron chi connectivity index (χ0n) is 8.66. The van der Waals surface area contributed by atoms with Crippen LogP contribution in [0.15, 0.2) is 18.2 Å². The van der Waals surface area contributed by atoms with Gasteiger partial charge in [-0.15, -0.1) is 0 Å². The second-order valence-electron chi connectivity index (χ2n) is 3.58. The molecule has 1 rings (SSSR count). The number of aliphatic hydroxyl groups is 1. The van der Waals surface area contributed by atoms with Crippen molar-refractivity contribution in [2.24, 2.45) is 0 Å². The summed E-state index contributed by atoms with van der Waals surface area (Å²) in [6, 6.07) is 5.29. The van der Waals surface area contributed by atoms with Crippen molar-refractivity contribution in [2.45, 2.75) is 39.2 Å². The first-order valence-electron chi connectivity index (χ1n) is 5.19. The van der Waals surface area contributed by atoms with Gasteiger partial charge in [0, 0.05) is 0 Å². The first-order valence-corrected chi connectivity index (χ1v) is 5.19. The summed E-state index contributed by atoms with van der Waals surface area (Å²) in [6.07, 6.45) is 4.36. The van der Waals surface area contributed by atoms with E-state index in [9.17, 15) is 5.11 Å². The van der Waals surface area contributed by atoms with Crippen LogP contribution in [0.1, 0.15) is 37.3 Å². The van der Waals surface area contributed by atoms with Gasteiger partial charge in [0.15, 0.2) is 0 Å². The van der Waals surface area contributed by atoms with Gasteiger partial charge in [-0.05, 0) is 36.1 Å². The molecular formula is C12H18O2. The first-order chi connectivity index (χ1) is 6.77. The molecule has 0 saturated heterocycles. The molecule has 1 aromatic carbocycles. The number of phenols is 1. The average Bonchev–Trinajstić information content (AvgIpc) is 2.21. The molecule has 0 unspecified atom stereocenters. The Hall–Kier alpha value is -1.02. The highest BCUT2D eigenvalue weighted by molar-refractivity contribution is 5.35. The maximum Gasteiger partial charge on any atom is 0.118 e. The van der Waals surface area contributed by atoms with Crippen LogP contribution in [0.2, 0.25) is 0 Å². The van der Waals surface area contributed by atoms with Crippen molar-refractivity contribution in [3.8, 4) is 5.75 Å². The zero-order chi connectivity index (χ0) is 10.4. The lowest BCUT2D eigenvalue weighted by molar-refractivity contribution is 0.281. The van der Waals surface area contributed by atoms with Gasteiger partial charge in [0.25, 0.3) is 0 Å². The van der Waals surface area contributed by atoms with Gasteiger partial charge in [-0.3, -0.25) is 0 Å². The van der Waals surface area contributed by atoms with E-state index in [-0.39, 0.29) is 6.61 Å². The van der Waals surface area contributed by atoms with Gasteiger partial charge in [0.2, 0.25) is 0 Å². The fourth-order valence-electron chi connectivity index (χ4n) is 1.50. The van der Waals surface area contributed by atoms with Crippen LogP contribution in [0, 0.1) is 0 Å². The number of unbranched alkanes of at least 4 members (excludes halogenated alkanes) is 2. The van der Waals surface area contributed by atoms with Gasteiger partial charge >= 0.3 is 0 Å². The summed E-state index contributed by atoms with van der Waals surface area (Å²) < 4.78 is 0. The molecule has 2 N–H and O–H groups in total. The summed E-state index contributed by atoms with van der Waals surface area (Å²) in [7, 11) is 0. The highest BCUT2D eigenvalue weighted by atomic mass is 16.3. The van der Waals surface area contributed by atoms with Gasteiger partial charge in [0.05, 0.1) is 6.61 Å². The van der Waals surface area contributed by atoms with Crippen LogP contribution < -0.4 is 0 Å². The van der Waals surface area contributed by atoms with E-state index < -0.39 is 0 Å². The summed E-state index contributed by atoms with van der Waals surface area (Å²) >= 11 is 0.